The maximum Gasteiger partial charge on any atom is 0.247 e. The average Bonchev–Trinajstić information content (AvgIpc) is 2.99. The fourth-order valence-electron chi connectivity index (χ4n) is 2.94. The molecule has 4 nitrogen and oxygen atoms in total. The van der Waals surface area contributed by atoms with E-state index in [0.29, 0.717) is 5.76 Å². The molecule has 1 aliphatic heterocycles. The van der Waals surface area contributed by atoms with E-state index >= 15 is 0 Å². The van der Waals surface area contributed by atoms with Gasteiger partial charge in [-0.05, 0) is 37.7 Å². The molecule has 0 spiro atoms. The Bertz CT molecular complexity index is 690. The molecule has 1 fully saturated rings. The van der Waals surface area contributed by atoms with Crippen molar-refractivity contribution in [2.45, 2.75) is 13.0 Å². The fraction of sp³-hybridized carbons (Fsp3) is 0.316. The van der Waals surface area contributed by atoms with Gasteiger partial charge in [0.2, 0.25) is 5.91 Å². The van der Waals surface area contributed by atoms with Crippen molar-refractivity contribution in [3.8, 4) is 0 Å². The number of hydrogen-bond acceptors (Lipinski definition) is 3. The SMILES string of the molecule is Cc1ccc(/C=C/C(=O)N2CCN(C)CC2c2ccccc2)o1. The van der Waals surface area contributed by atoms with Crippen LogP contribution < -0.4 is 0 Å². The highest BCUT2D eigenvalue weighted by molar-refractivity contribution is 5.91. The van der Waals surface area contributed by atoms with Gasteiger partial charge in [-0.2, -0.15) is 0 Å². The normalized spacial score (nSPS) is 19.4. The van der Waals surface area contributed by atoms with Gasteiger partial charge in [0, 0.05) is 25.7 Å². The van der Waals surface area contributed by atoms with E-state index in [4.69, 9.17) is 4.42 Å². The van der Waals surface area contributed by atoms with Gasteiger partial charge < -0.3 is 14.2 Å². The third kappa shape index (κ3) is 3.71. The lowest BCUT2D eigenvalue weighted by molar-refractivity contribution is -0.130. The number of rotatable bonds is 3. The van der Waals surface area contributed by atoms with Crippen LogP contribution in [0.2, 0.25) is 0 Å². The number of aryl methyl sites for hydroxylation is 1. The minimum absolute atomic E-state index is 0.0287. The van der Waals surface area contributed by atoms with Crippen LogP contribution in [0.15, 0.2) is 53.0 Å². The van der Waals surface area contributed by atoms with E-state index in [1.807, 2.05) is 42.2 Å². The van der Waals surface area contributed by atoms with Crippen LogP contribution in [0.1, 0.15) is 23.1 Å². The van der Waals surface area contributed by atoms with E-state index in [1.165, 1.54) is 5.56 Å². The summed E-state index contributed by atoms with van der Waals surface area (Å²) in [6.07, 6.45) is 3.36. The number of piperazine rings is 1. The monoisotopic (exact) mass is 310 g/mol. The van der Waals surface area contributed by atoms with Gasteiger partial charge >= 0.3 is 0 Å². The first-order valence-electron chi connectivity index (χ1n) is 7.92. The highest BCUT2D eigenvalue weighted by Gasteiger charge is 2.28. The number of carbonyl (C=O) groups is 1. The fourth-order valence-corrected chi connectivity index (χ4v) is 2.94. The van der Waals surface area contributed by atoms with Gasteiger partial charge in [0.15, 0.2) is 0 Å². The van der Waals surface area contributed by atoms with Gasteiger partial charge in [0.1, 0.15) is 11.5 Å². The summed E-state index contributed by atoms with van der Waals surface area (Å²) in [6.45, 7) is 4.37. The second-order valence-corrected chi connectivity index (χ2v) is 6.00. The maximum atomic E-state index is 12.6. The summed E-state index contributed by atoms with van der Waals surface area (Å²) in [7, 11) is 2.10. The smallest absolute Gasteiger partial charge is 0.247 e. The van der Waals surface area contributed by atoms with Crippen molar-refractivity contribution in [2.75, 3.05) is 26.7 Å². The number of nitrogens with zero attached hydrogens (tertiary/aromatic N) is 2. The van der Waals surface area contributed by atoms with Gasteiger partial charge in [-0.1, -0.05) is 30.3 Å². The summed E-state index contributed by atoms with van der Waals surface area (Å²) in [5.41, 5.74) is 1.18. The highest BCUT2D eigenvalue weighted by Crippen LogP contribution is 2.25. The number of amides is 1. The predicted octanol–water partition coefficient (Wildman–Crippen LogP) is 3.12. The molecule has 0 bridgehead atoms. The molecule has 1 saturated heterocycles. The molecule has 23 heavy (non-hydrogen) atoms. The number of furan rings is 1. The predicted molar refractivity (Wildman–Crippen MR) is 90.9 cm³/mol. The van der Waals surface area contributed by atoms with E-state index < -0.39 is 0 Å². The average molecular weight is 310 g/mol. The van der Waals surface area contributed by atoms with E-state index in [9.17, 15) is 4.79 Å². The Kier molecular flexibility index (Phi) is 4.63. The molecule has 2 aromatic rings. The molecule has 1 aromatic carbocycles. The van der Waals surface area contributed by atoms with Crippen LogP contribution in [0, 0.1) is 6.92 Å². The van der Waals surface area contributed by atoms with E-state index in [0.717, 1.165) is 25.4 Å². The molecule has 1 atom stereocenters. The third-order valence-electron chi connectivity index (χ3n) is 4.20. The molecule has 3 rings (SSSR count). The molecule has 0 saturated carbocycles. The second kappa shape index (κ2) is 6.84. The van der Waals surface area contributed by atoms with Crippen molar-refractivity contribution in [2.24, 2.45) is 0 Å². The zero-order chi connectivity index (χ0) is 16.2. The minimum Gasteiger partial charge on any atom is -0.462 e. The quantitative estimate of drug-likeness (QED) is 0.817. The summed E-state index contributed by atoms with van der Waals surface area (Å²) < 4.78 is 5.48. The lowest BCUT2D eigenvalue weighted by Crippen LogP contribution is -2.48. The van der Waals surface area contributed by atoms with Gasteiger partial charge in [-0.25, -0.2) is 0 Å². The molecule has 1 aromatic heterocycles. The number of benzene rings is 1. The Hall–Kier alpha value is -2.33. The van der Waals surface area contributed by atoms with E-state index in [1.54, 1.807) is 12.2 Å². The van der Waals surface area contributed by atoms with E-state index in [2.05, 4.69) is 24.1 Å². The Morgan fingerprint density at radius 2 is 1.96 bits per heavy atom. The number of likely N-dealkylation sites (N-methyl/N-ethyl adjacent to an activating group) is 1. The zero-order valence-corrected chi connectivity index (χ0v) is 13.6. The van der Waals surface area contributed by atoms with Gasteiger partial charge in [-0.3, -0.25) is 4.79 Å². The van der Waals surface area contributed by atoms with Crippen LogP contribution in [0.3, 0.4) is 0 Å². The molecule has 1 amide bonds. The largest absolute Gasteiger partial charge is 0.462 e. The first-order valence-corrected chi connectivity index (χ1v) is 7.92. The van der Waals surface area contributed by atoms with Crippen LogP contribution in [0.25, 0.3) is 6.08 Å². The highest BCUT2D eigenvalue weighted by atomic mass is 16.3. The number of carbonyl (C=O) groups excluding carboxylic acids is 1. The van der Waals surface area contributed by atoms with Gasteiger partial charge in [0.05, 0.1) is 6.04 Å². The summed E-state index contributed by atoms with van der Waals surface area (Å²) in [5.74, 6) is 1.58. The Balaban J connectivity index is 1.78. The van der Waals surface area contributed by atoms with Crippen molar-refractivity contribution >= 4 is 12.0 Å². The molecule has 2 heterocycles. The van der Waals surface area contributed by atoms with Crippen molar-refractivity contribution in [1.29, 1.82) is 0 Å². The summed E-state index contributed by atoms with van der Waals surface area (Å²) >= 11 is 0. The van der Waals surface area contributed by atoms with E-state index in [-0.39, 0.29) is 11.9 Å². The molecule has 0 aliphatic carbocycles. The van der Waals surface area contributed by atoms with Crippen molar-refractivity contribution in [3.05, 3.63) is 65.6 Å². The van der Waals surface area contributed by atoms with Crippen LogP contribution in [0.4, 0.5) is 0 Å². The zero-order valence-electron chi connectivity index (χ0n) is 13.6. The van der Waals surface area contributed by atoms with Crippen LogP contribution in [-0.4, -0.2) is 42.4 Å². The topological polar surface area (TPSA) is 36.7 Å². The molecule has 0 N–H and O–H groups in total. The van der Waals surface area contributed by atoms with Crippen molar-refractivity contribution < 1.29 is 9.21 Å². The van der Waals surface area contributed by atoms with Crippen LogP contribution in [-0.2, 0) is 4.79 Å². The first-order chi connectivity index (χ1) is 11.1. The Morgan fingerprint density at radius 3 is 2.65 bits per heavy atom. The Morgan fingerprint density at radius 1 is 1.17 bits per heavy atom. The maximum absolute atomic E-state index is 12.6. The molecular formula is C19H22N2O2. The summed E-state index contributed by atoms with van der Waals surface area (Å²) in [5, 5.41) is 0. The first kappa shape index (κ1) is 15.6. The standard InChI is InChI=1S/C19H22N2O2/c1-15-8-9-17(23-15)10-11-19(22)21-13-12-20(2)14-18(21)16-6-4-3-5-7-16/h3-11,18H,12-14H2,1-2H3/b11-10+. The number of hydrogen-bond donors (Lipinski definition) is 0. The lowest BCUT2D eigenvalue weighted by atomic mass is 10.0. The second-order valence-electron chi connectivity index (χ2n) is 6.00. The molecule has 4 heteroatoms. The van der Waals surface area contributed by atoms with Gasteiger partial charge in [-0.15, -0.1) is 0 Å². The summed E-state index contributed by atoms with van der Waals surface area (Å²) in [6, 6.07) is 14.1. The molecule has 120 valence electrons. The van der Waals surface area contributed by atoms with Crippen molar-refractivity contribution in [3.63, 3.8) is 0 Å². The molecular weight excluding hydrogens is 288 g/mol. The van der Waals surface area contributed by atoms with Crippen LogP contribution >= 0.6 is 0 Å². The minimum atomic E-state index is 0.0287. The van der Waals surface area contributed by atoms with Crippen molar-refractivity contribution in [1.82, 2.24) is 9.80 Å². The third-order valence-corrected chi connectivity index (χ3v) is 4.20. The molecule has 1 aliphatic rings. The Labute approximate surface area is 137 Å². The van der Waals surface area contributed by atoms with Crippen LogP contribution in [0.5, 0.6) is 0 Å². The van der Waals surface area contributed by atoms with Gasteiger partial charge in [0.25, 0.3) is 0 Å². The molecule has 1 unspecified atom stereocenters. The summed E-state index contributed by atoms with van der Waals surface area (Å²) in [4.78, 5) is 16.9. The lowest BCUT2D eigenvalue weighted by Gasteiger charge is -2.39. The molecule has 0 radical (unpaired) electrons.